The van der Waals surface area contributed by atoms with Crippen molar-refractivity contribution in [2.45, 2.75) is 70.1 Å². The molecule has 1 atom stereocenters. The molecule has 2 fully saturated rings. The van der Waals surface area contributed by atoms with E-state index < -0.39 is 0 Å². The fourth-order valence-electron chi connectivity index (χ4n) is 3.77. The van der Waals surface area contributed by atoms with Crippen molar-refractivity contribution in [2.24, 2.45) is 0 Å². The van der Waals surface area contributed by atoms with Gasteiger partial charge in [0.1, 0.15) is 11.6 Å². The summed E-state index contributed by atoms with van der Waals surface area (Å²) < 4.78 is 8.03. The SMILES string of the molecule is Cc1ccc(C#N)c(=O)n1CC1CCC2(CCCCC2)O1. The van der Waals surface area contributed by atoms with Crippen LogP contribution in [0.2, 0.25) is 0 Å². The molecule has 1 aromatic rings. The van der Waals surface area contributed by atoms with Crippen LogP contribution in [-0.4, -0.2) is 16.3 Å². The Balaban J connectivity index is 1.77. The van der Waals surface area contributed by atoms with Gasteiger partial charge in [-0.15, -0.1) is 0 Å². The first-order chi connectivity index (χ1) is 10.1. The Morgan fingerprint density at radius 1 is 1.33 bits per heavy atom. The van der Waals surface area contributed by atoms with Gasteiger partial charge in [0.2, 0.25) is 0 Å². The lowest BCUT2D eigenvalue weighted by Crippen LogP contribution is -2.34. The standard InChI is InChI=1S/C17H22N2O2/c1-13-5-6-14(11-18)16(20)19(13)12-15-7-10-17(21-15)8-3-2-4-9-17/h5-6,15H,2-4,7-10,12H2,1H3. The molecular formula is C17H22N2O2. The third kappa shape index (κ3) is 2.75. The Hall–Kier alpha value is -1.60. The van der Waals surface area contributed by atoms with Crippen LogP contribution < -0.4 is 5.56 Å². The summed E-state index contributed by atoms with van der Waals surface area (Å²) in [4.78, 5) is 12.3. The fraction of sp³-hybridized carbons (Fsp3) is 0.647. The van der Waals surface area contributed by atoms with E-state index in [0.29, 0.717) is 6.54 Å². The molecule has 4 nitrogen and oxygen atoms in total. The summed E-state index contributed by atoms with van der Waals surface area (Å²) in [5.41, 5.74) is 0.997. The van der Waals surface area contributed by atoms with E-state index in [9.17, 15) is 4.79 Å². The van der Waals surface area contributed by atoms with Gasteiger partial charge in [0.25, 0.3) is 5.56 Å². The highest BCUT2D eigenvalue weighted by molar-refractivity contribution is 5.27. The topological polar surface area (TPSA) is 55.0 Å². The largest absolute Gasteiger partial charge is 0.370 e. The highest BCUT2D eigenvalue weighted by Gasteiger charge is 2.40. The van der Waals surface area contributed by atoms with Crippen molar-refractivity contribution in [1.82, 2.24) is 4.57 Å². The minimum atomic E-state index is -0.189. The van der Waals surface area contributed by atoms with Gasteiger partial charge in [0.05, 0.1) is 18.2 Å². The van der Waals surface area contributed by atoms with Crippen LogP contribution in [0.25, 0.3) is 0 Å². The lowest BCUT2D eigenvalue weighted by Gasteiger charge is -2.33. The predicted molar refractivity (Wildman–Crippen MR) is 80.1 cm³/mol. The molecule has 21 heavy (non-hydrogen) atoms. The maximum absolute atomic E-state index is 12.3. The van der Waals surface area contributed by atoms with Crippen LogP contribution in [0.4, 0.5) is 0 Å². The molecule has 0 N–H and O–H groups in total. The van der Waals surface area contributed by atoms with Crippen LogP contribution in [0.5, 0.6) is 0 Å². The van der Waals surface area contributed by atoms with Crippen molar-refractivity contribution < 1.29 is 4.74 Å². The van der Waals surface area contributed by atoms with Crippen molar-refractivity contribution in [3.05, 3.63) is 33.7 Å². The summed E-state index contributed by atoms with van der Waals surface area (Å²) in [6.07, 6.45) is 8.40. The average molecular weight is 286 g/mol. The van der Waals surface area contributed by atoms with E-state index in [1.54, 1.807) is 10.6 Å². The molecule has 1 unspecified atom stereocenters. The van der Waals surface area contributed by atoms with Crippen LogP contribution >= 0.6 is 0 Å². The number of aryl methyl sites for hydroxylation is 1. The third-order valence-corrected chi connectivity index (χ3v) is 5.00. The molecule has 2 heterocycles. The predicted octanol–water partition coefficient (Wildman–Crippen LogP) is 2.91. The number of rotatable bonds is 2. The molecule has 3 rings (SSSR count). The van der Waals surface area contributed by atoms with Crippen LogP contribution in [0.1, 0.15) is 56.2 Å². The van der Waals surface area contributed by atoms with Crippen LogP contribution in [0.3, 0.4) is 0 Å². The second-order valence-electron chi connectivity index (χ2n) is 6.44. The molecule has 112 valence electrons. The van der Waals surface area contributed by atoms with Crippen molar-refractivity contribution in [1.29, 1.82) is 5.26 Å². The van der Waals surface area contributed by atoms with Crippen LogP contribution in [-0.2, 0) is 11.3 Å². The fourth-order valence-corrected chi connectivity index (χ4v) is 3.77. The Kier molecular flexibility index (Phi) is 3.86. The number of nitriles is 1. The number of hydrogen-bond acceptors (Lipinski definition) is 3. The summed E-state index contributed by atoms with van der Waals surface area (Å²) in [5.74, 6) is 0. The molecule has 0 aromatic carbocycles. The molecule has 0 radical (unpaired) electrons. The van der Waals surface area contributed by atoms with Gasteiger partial charge in [0, 0.05) is 5.69 Å². The first-order valence-electron chi connectivity index (χ1n) is 7.92. The van der Waals surface area contributed by atoms with Crippen molar-refractivity contribution in [2.75, 3.05) is 0 Å². The molecule has 4 heteroatoms. The maximum atomic E-state index is 12.3. The second-order valence-corrected chi connectivity index (χ2v) is 6.44. The quantitative estimate of drug-likeness (QED) is 0.840. The Morgan fingerprint density at radius 2 is 2.10 bits per heavy atom. The molecular weight excluding hydrogens is 264 g/mol. The van der Waals surface area contributed by atoms with E-state index in [1.807, 2.05) is 19.1 Å². The number of hydrogen-bond donors (Lipinski definition) is 0. The molecule has 1 saturated heterocycles. The van der Waals surface area contributed by atoms with Gasteiger partial charge < -0.3 is 9.30 Å². The summed E-state index contributed by atoms with van der Waals surface area (Å²) in [6.45, 7) is 2.48. The number of nitrogens with zero attached hydrogens (tertiary/aromatic N) is 2. The average Bonchev–Trinajstić information content (AvgIpc) is 2.87. The molecule has 1 aliphatic carbocycles. The first-order valence-corrected chi connectivity index (χ1v) is 7.92. The van der Waals surface area contributed by atoms with Gasteiger partial charge in [0.15, 0.2) is 0 Å². The van der Waals surface area contributed by atoms with Crippen molar-refractivity contribution in [3.63, 3.8) is 0 Å². The van der Waals surface area contributed by atoms with E-state index in [4.69, 9.17) is 10.00 Å². The summed E-state index contributed by atoms with van der Waals surface area (Å²) in [6, 6.07) is 5.41. The van der Waals surface area contributed by atoms with Crippen molar-refractivity contribution >= 4 is 0 Å². The van der Waals surface area contributed by atoms with E-state index in [1.165, 1.54) is 19.3 Å². The summed E-state index contributed by atoms with van der Waals surface area (Å²) in [7, 11) is 0. The summed E-state index contributed by atoms with van der Waals surface area (Å²) >= 11 is 0. The second kappa shape index (κ2) is 5.65. The number of ether oxygens (including phenoxy) is 1. The first kappa shape index (κ1) is 14.3. The zero-order valence-corrected chi connectivity index (χ0v) is 12.6. The van der Waals surface area contributed by atoms with E-state index in [2.05, 4.69) is 0 Å². The zero-order chi connectivity index (χ0) is 14.9. The highest BCUT2D eigenvalue weighted by Crippen LogP contribution is 2.42. The van der Waals surface area contributed by atoms with Crippen LogP contribution in [0, 0.1) is 18.3 Å². The smallest absolute Gasteiger partial charge is 0.268 e. The molecule has 2 aliphatic rings. The van der Waals surface area contributed by atoms with Gasteiger partial charge in [-0.2, -0.15) is 5.26 Å². The van der Waals surface area contributed by atoms with Gasteiger partial charge >= 0.3 is 0 Å². The van der Waals surface area contributed by atoms with E-state index in [0.717, 1.165) is 31.4 Å². The van der Waals surface area contributed by atoms with Crippen LogP contribution in [0.15, 0.2) is 16.9 Å². The lowest BCUT2D eigenvalue weighted by molar-refractivity contribution is -0.0683. The minimum Gasteiger partial charge on any atom is -0.370 e. The highest BCUT2D eigenvalue weighted by atomic mass is 16.5. The molecule has 1 saturated carbocycles. The monoisotopic (exact) mass is 286 g/mol. The number of aromatic nitrogens is 1. The third-order valence-electron chi connectivity index (χ3n) is 5.00. The maximum Gasteiger partial charge on any atom is 0.268 e. The van der Waals surface area contributed by atoms with Gasteiger partial charge in [-0.3, -0.25) is 4.79 Å². The normalized spacial score (nSPS) is 24.1. The van der Waals surface area contributed by atoms with Gasteiger partial charge in [-0.25, -0.2) is 0 Å². The molecule has 1 spiro atoms. The zero-order valence-electron chi connectivity index (χ0n) is 12.6. The molecule has 1 aliphatic heterocycles. The lowest BCUT2D eigenvalue weighted by atomic mass is 9.83. The van der Waals surface area contributed by atoms with E-state index >= 15 is 0 Å². The minimum absolute atomic E-state index is 0.0767. The number of pyridine rings is 1. The molecule has 1 aromatic heterocycles. The van der Waals surface area contributed by atoms with Gasteiger partial charge in [-0.05, 0) is 44.7 Å². The van der Waals surface area contributed by atoms with E-state index in [-0.39, 0.29) is 22.8 Å². The molecule has 0 bridgehead atoms. The van der Waals surface area contributed by atoms with Gasteiger partial charge in [-0.1, -0.05) is 19.3 Å². The van der Waals surface area contributed by atoms with Crippen molar-refractivity contribution in [3.8, 4) is 6.07 Å². The summed E-state index contributed by atoms with van der Waals surface area (Å²) in [5, 5.41) is 9.00. The Bertz CT molecular complexity index is 621. The Morgan fingerprint density at radius 3 is 2.81 bits per heavy atom. The molecule has 0 amide bonds. The Labute approximate surface area is 125 Å².